The van der Waals surface area contributed by atoms with Gasteiger partial charge in [-0.2, -0.15) is 0 Å². The molecule has 2 aromatic carbocycles. The van der Waals surface area contributed by atoms with E-state index >= 15 is 0 Å². The number of piperidine rings is 1. The second kappa shape index (κ2) is 9.26. The van der Waals surface area contributed by atoms with Crippen molar-refractivity contribution in [3.63, 3.8) is 0 Å². The highest BCUT2D eigenvalue weighted by atomic mass is 16.3. The number of amides is 1. The van der Waals surface area contributed by atoms with Gasteiger partial charge in [-0.1, -0.05) is 48.5 Å². The molecule has 1 atom stereocenters. The fourth-order valence-electron chi connectivity index (χ4n) is 4.56. The lowest BCUT2D eigenvalue weighted by Crippen LogP contribution is -2.48. The number of likely N-dealkylation sites (tertiary alicyclic amines) is 1. The van der Waals surface area contributed by atoms with Gasteiger partial charge in [0.05, 0.1) is 12.2 Å². The minimum atomic E-state index is -0.220. The van der Waals surface area contributed by atoms with Crippen LogP contribution in [0.1, 0.15) is 41.6 Å². The highest BCUT2D eigenvalue weighted by Crippen LogP contribution is 2.36. The van der Waals surface area contributed by atoms with Crippen LogP contribution in [-0.2, 0) is 6.42 Å². The molecular weight excluding hydrogens is 374 g/mol. The van der Waals surface area contributed by atoms with Gasteiger partial charge in [0.25, 0.3) is 5.91 Å². The van der Waals surface area contributed by atoms with Gasteiger partial charge in [0, 0.05) is 36.5 Å². The average Bonchev–Trinajstić information content (AvgIpc) is 3.34. The molecule has 1 fully saturated rings. The van der Waals surface area contributed by atoms with Gasteiger partial charge in [-0.15, -0.1) is 0 Å². The molecule has 0 spiro atoms. The fraction of sp³-hybridized carbons (Fsp3) is 0.360. The van der Waals surface area contributed by atoms with Crippen molar-refractivity contribution in [2.24, 2.45) is 5.41 Å². The molecule has 1 aliphatic heterocycles. The van der Waals surface area contributed by atoms with Crippen molar-refractivity contribution >= 4 is 5.91 Å². The molecule has 2 N–H and O–H groups in total. The molecule has 156 valence electrons. The molecule has 0 radical (unpaired) electrons. The largest absolute Gasteiger partial charge is 0.396 e. The quantitative estimate of drug-likeness (QED) is 0.617. The molecule has 30 heavy (non-hydrogen) atoms. The first-order chi connectivity index (χ1) is 14.7. The van der Waals surface area contributed by atoms with Gasteiger partial charge in [-0.25, -0.2) is 4.98 Å². The number of imidazole rings is 1. The number of benzene rings is 2. The molecule has 0 saturated carbocycles. The van der Waals surface area contributed by atoms with E-state index in [0.717, 1.165) is 44.2 Å². The Balaban J connectivity index is 1.47. The summed E-state index contributed by atoms with van der Waals surface area (Å²) in [4.78, 5) is 22.8. The van der Waals surface area contributed by atoms with Crippen molar-refractivity contribution in [2.75, 3.05) is 19.7 Å². The molecule has 3 aromatic rings. The van der Waals surface area contributed by atoms with Crippen LogP contribution in [-0.4, -0.2) is 45.6 Å². The molecule has 0 unspecified atom stereocenters. The van der Waals surface area contributed by atoms with E-state index in [2.05, 4.69) is 34.2 Å². The van der Waals surface area contributed by atoms with Crippen LogP contribution in [0, 0.1) is 5.41 Å². The van der Waals surface area contributed by atoms with E-state index in [-0.39, 0.29) is 17.9 Å². The van der Waals surface area contributed by atoms with Crippen molar-refractivity contribution in [2.45, 2.75) is 32.1 Å². The third-order valence-electron chi connectivity index (χ3n) is 6.21. The minimum Gasteiger partial charge on any atom is -0.396 e. The number of aromatic nitrogens is 2. The molecule has 1 aliphatic rings. The van der Waals surface area contributed by atoms with Gasteiger partial charge in [0.2, 0.25) is 0 Å². The van der Waals surface area contributed by atoms with Gasteiger partial charge in [-0.3, -0.25) is 4.79 Å². The molecular formula is C25H29N3O2. The molecule has 5 heteroatoms. The third kappa shape index (κ3) is 4.46. The molecule has 1 amide bonds. The number of nitrogens with one attached hydrogen (secondary N) is 1. The Kier molecular flexibility index (Phi) is 6.29. The number of nitrogens with zero attached hydrogens (tertiary/aromatic N) is 2. The Morgan fingerprint density at radius 2 is 1.93 bits per heavy atom. The van der Waals surface area contributed by atoms with Crippen molar-refractivity contribution in [3.05, 3.63) is 78.1 Å². The van der Waals surface area contributed by atoms with Gasteiger partial charge in [0.15, 0.2) is 0 Å². The van der Waals surface area contributed by atoms with Crippen LogP contribution < -0.4 is 0 Å². The lowest BCUT2D eigenvalue weighted by molar-refractivity contribution is 0.0217. The molecule has 0 bridgehead atoms. The van der Waals surface area contributed by atoms with Crippen LogP contribution in [0.5, 0.6) is 0 Å². The topological polar surface area (TPSA) is 69.2 Å². The fourth-order valence-corrected chi connectivity index (χ4v) is 4.56. The SMILES string of the molecule is O=C(c1ccccc1-c1ncc[nH]1)N1CCC[C@](CO)(CCCc2ccccc2)C1. The first-order valence-corrected chi connectivity index (χ1v) is 10.7. The number of H-pyrrole nitrogens is 1. The zero-order chi connectivity index (χ0) is 20.8. The Hall–Kier alpha value is -2.92. The first kappa shape index (κ1) is 20.4. The monoisotopic (exact) mass is 403 g/mol. The van der Waals surface area contributed by atoms with Crippen LogP contribution in [0.3, 0.4) is 0 Å². The number of aromatic amines is 1. The van der Waals surface area contributed by atoms with Crippen molar-refractivity contribution in [1.29, 1.82) is 0 Å². The lowest BCUT2D eigenvalue weighted by atomic mass is 9.76. The standard InChI is InChI=1S/C25H29N3O2/c29-19-25(13-6-10-20-8-2-1-3-9-20)14-7-17-28(18-25)24(30)22-12-5-4-11-21(22)23-26-15-16-27-23/h1-5,8-9,11-12,15-16,29H,6-7,10,13-14,17-19H2,(H,26,27)/t25-/m1/s1. The number of carbonyl (C=O) groups excluding carboxylic acids is 1. The molecule has 5 nitrogen and oxygen atoms in total. The minimum absolute atomic E-state index is 0.0163. The van der Waals surface area contributed by atoms with E-state index in [1.54, 1.807) is 12.4 Å². The number of aliphatic hydroxyl groups is 1. The van der Waals surface area contributed by atoms with E-state index in [9.17, 15) is 9.90 Å². The Morgan fingerprint density at radius 3 is 2.70 bits per heavy atom. The molecule has 1 aromatic heterocycles. The van der Waals surface area contributed by atoms with Gasteiger partial charge < -0.3 is 15.0 Å². The van der Waals surface area contributed by atoms with E-state index in [0.29, 0.717) is 17.9 Å². The van der Waals surface area contributed by atoms with Crippen molar-refractivity contribution < 1.29 is 9.90 Å². The number of aliphatic hydroxyl groups excluding tert-OH is 1. The predicted octanol–water partition coefficient (Wildman–Crippen LogP) is 4.31. The second-order valence-electron chi connectivity index (χ2n) is 8.31. The summed E-state index contributed by atoms with van der Waals surface area (Å²) in [6.07, 6.45) is 8.26. The number of rotatable bonds is 7. The van der Waals surface area contributed by atoms with Crippen molar-refractivity contribution in [3.8, 4) is 11.4 Å². The van der Waals surface area contributed by atoms with Crippen LogP contribution in [0.2, 0.25) is 0 Å². The van der Waals surface area contributed by atoms with Crippen LogP contribution in [0.4, 0.5) is 0 Å². The average molecular weight is 404 g/mol. The number of hydrogen-bond acceptors (Lipinski definition) is 3. The second-order valence-corrected chi connectivity index (χ2v) is 8.31. The smallest absolute Gasteiger partial charge is 0.254 e. The van der Waals surface area contributed by atoms with E-state index in [1.807, 2.05) is 35.2 Å². The highest BCUT2D eigenvalue weighted by Gasteiger charge is 2.37. The highest BCUT2D eigenvalue weighted by molar-refractivity contribution is 6.00. The summed E-state index contributed by atoms with van der Waals surface area (Å²) in [6, 6.07) is 18.1. The number of carbonyl (C=O) groups is 1. The van der Waals surface area contributed by atoms with Crippen molar-refractivity contribution in [1.82, 2.24) is 14.9 Å². The molecule has 0 aliphatic carbocycles. The maximum Gasteiger partial charge on any atom is 0.254 e. The Bertz CT molecular complexity index is 956. The summed E-state index contributed by atoms with van der Waals surface area (Å²) in [6.45, 7) is 1.45. The van der Waals surface area contributed by atoms with Gasteiger partial charge >= 0.3 is 0 Å². The lowest BCUT2D eigenvalue weighted by Gasteiger charge is -2.42. The molecule has 4 rings (SSSR count). The summed E-state index contributed by atoms with van der Waals surface area (Å²) in [5.41, 5.74) is 2.58. The zero-order valence-corrected chi connectivity index (χ0v) is 17.3. The maximum atomic E-state index is 13.4. The first-order valence-electron chi connectivity index (χ1n) is 10.7. The van der Waals surface area contributed by atoms with E-state index < -0.39 is 0 Å². The third-order valence-corrected chi connectivity index (χ3v) is 6.21. The van der Waals surface area contributed by atoms with Crippen LogP contribution in [0.15, 0.2) is 67.0 Å². The van der Waals surface area contributed by atoms with Gasteiger partial charge in [-0.05, 0) is 43.7 Å². The summed E-state index contributed by atoms with van der Waals surface area (Å²) in [5, 5.41) is 10.3. The summed E-state index contributed by atoms with van der Waals surface area (Å²) < 4.78 is 0. The molecule has 1 saturated heterocycles. The predicted molar refractivity (Wildman–Crippen MR) is 118 cm³/mol. The summed E-state index contributed by atoms with van der Waals surface area (Å²) in [5.74, 6) is 0.717. The van der Waals surface area contributed by atoms with E-state index in [1.165, 1.54) is 5.56 Å². The normalized spacial score (nSPS) is 19.0. The molecule has 2 heterocycles. The number of aryl methyl sites for hydroxylation is 1. The van der Waals surface area contributed by atoms with Gasteiger partial charge in [0.1, 0.15) is 5.82 Å². The Labute approximate surface area is 177 Å². The summed E-state index contributed by atoms with van der Waals surface area (Å²) in [7, 11) is 0. The van der Waals surface area contributed by atoms with Crippen LogP contribution >= 0.6 is 0 Å². The summed E-state index contributed by atoms with van der Waals surface area (Å²) >= 11 is 0. The number of hydrogen-bond donors (Lipinski definition) is 2. The van der Waals surface area contributed by atoms with Crippen LogP contribution in [0.25, 0.3) is 11.4 Å². The Morgan fingerprint density at radius 1 is 1.13 bits per heavy atom. The maximum absolute atomic E-state index is 13.4. The zero-order valence-electron chi connectivity index (χ0n) is 17.3. The van der Waals surface area contributed by atoms with E-state index in [4.69, 9.17) is 0 Å².